The van der Waals surface area contributed by atoms with Crippen LogP contribution in [0.1, 0.15) is 28.8 Å². The summed E-state index contributed by atoms with van der Waals surface area (Å²) in [6.07, 6.45) is 2.36. The number of amides is 1. The largest absolute Gasteiger partial charge is 0.348 e. The molecule has 2 rings (SSSR count). The Bertz CT molecular complexity index is 429. The lowest BCUT2D eigenvalue weighted by molar-refractivity contribution is 0.0933. The van der Waals surface area contributed by atoms with Gasteiger partial charge in [0.25, 0.3) is 5.91 Å². The third-order valence-corrected chi connectivity index (χ3v) is 3.70. The van der Waals surface area contributed by atoms with E-state index in [0.717, 1.165) is 15.6 Å². The number of carbonyl (C=O) groups is 1. The van der Waals surface area contributed by atoms with Crippen molar-refractivity contribution in [2.45, 2.75) is 25.8 Å². The third kappa shape index (κ3) is 3.07. The molecule has 1 unspecified atom stereocenters. The van der Waals surface area contributed by atoms with Gasteiger partial charge in [-0.3, -0.25) is 4.79 Å². The maximum absolute atomic E-state index is 12.1. The molecule has 0 aliphatic heterocycles. The average Bonchev–Trinajstić information content (AvgIpc) is 3.13. The molecule has 17 heavy (non-hydrogen) atoms. The fourth-order valence-electron chi connectivity index (χ4n) is 1.95. The maximum atomic E-state index is 12.1. The van der Waals surface area contributed by atoms with Crippen molar-refractivity contribution in [2.75, 3.05) is 6.54 Å². The minimum Gasteiger partial charge on any atom is -0.348 e. The van der Waals surface area contributed by atoms with Gasteiger partial charge in [0.15, 0.2) is 0 Å². The van der Waals surface area contributed by atoms with Gasteiger partial charge in [-0.1, -0.05) is 22.0 Å². The smallest absolute Gasteiger partial charge is 0.251 e. The molecule has 92 valence electrons. The zero-order valence-electron chi connectivity index (χ0n) is 9.87. The first-order chi connectivity index (χ1) is 8.11. The molecule has 1 aliphatic rings. The molecule has 0 bridgehead atoms. The Morgan fingerprint density at radius 1 is 1.59 bits per heavy atom. The van der Waals surface area contributed by atoms with Crippen LogP contribution in [-0.4, -0.2) is 18.5 Å². The Labute approximate surface area is 110 Å². The number of nitrogens with one attached hydrogen (secondary N) is 1. The fourth-order valence-corrected chi connectivity index (χ4v) is 2.31. The highest BCUT2D eigenvalue weighted by atomic mass is 79.9. The van der Waals surface area contributed by atoms with Gasteiger partial charge < -0.3 is 11.1 Å². The van der Waals surface area contributed by atoms with Gasteiger partial charge in [-0.15, -0.1) is 0 Å². The highest BCUT2D eigenvalue weighted by molar-refractivity contribution is 9.10. The van der Waals surface area contributed by atoms with Crippen LogP contribution >= 0.6 is 15.9 Å². The summed E-state index contributed by atoms with van der Waals surface area (Å²) in [7, 11) is 0. The summed E-state index contributed by atoms with van der Waals surface area (Å²) >= 11 is 3.38. The van der Waals surface area contributed by atoms with Gasteiger partial charge in [0.1, 0.15) is 0 Å². The van der Waals surface area contributed by atoms with Crippen LogP contribution in [0.4, 0.5) is 0 Å². The second-order valence-electron chi connectivity index (χ2n) is 4.61. The molecule has 3 N–H and O–H groups in total. The number of hydrogen-bond acceptors (Lipinski definition) is 2. The first-order valence-electron chi connectivity index (χ1n) is 5.89. The number of hydrogen-bond donors (Lipinski definition) is 2. The summed E-state index contributed by atoms with van der Waals surface area (Å²) in [5.74, 6) is 0.558. The molecule has 0 spiro atoms. The van der Waals surface area contributed by atoms with Crippen molar-refractivity contribution in [3.05, 3.63) is 33.8 Å². The van der Waals surface area contributed by atoms with E-state index in [1.54, 1.807) is 0 Å². The lowest BCUT2D eigenvalue weighted by atomic mass is 10.1. The van der Waals surface area contributed by atoms with Crippen molar-refractivity contribution in [3.63, 3.8) is 0 Å². The minimum atomic E-state index is -0.0221. The van der Waals surface area contributed by atoms with E-state index in [9.17, 15) is 4.79 Å². The topological polar surface area (TPSA) is 55.1 Å². The van der Waals surface area contributed by atoms with Crippen molar-refractivity contribution in [1.29, 1.82) is 0 Å². The molecule has 1 aromatic rings. The van der Waals surface area contributed by atoms with Crippen LogP contribution in [0.25, 0.3) is 0 Å². The SMILES string of the molecule is Cc1ccc(Br)cc1C(=O)NC(CN)C1CC1. The Morgan fingerprint density at radius 2 is 2.29 bits per heavy atom. The van der Waals surface area contributed by atoms with Crippen molar-refractivity contribution >= 4 is 21.8 Å². The monoisotopic (exact) mass is 296 g/mol. The summed E-state index contributed by atoms with van der Waals surface area (Å²) in [6.45, 7) is 2.46. The summed E-state index contributed by atoms with van der Waals surface area (Å²) in [5.41, 5.74) is 7.39. The number of carbonyl (C=O) groups excluding carboxylic acids is 1. The van der Waals surface area contributed by atoms with E-state index >= 15 is 0 Å². The van der Waals surface area contributed by atoms with Gasteiger partial charge >= 0.3 is 0 Å². The summed E-state index contributed by atoms with van der Waals surface area (Å²) in [5, 5.41) is 3.03. The van der Waals surface area contributed by atoms with Crippen LogP contribution in [0.2, 0.25) is 0 Å². The van der Waals surface area contributed by atoms with E-state index in [4.69, 9.17) is 5.73 Å². The summed E-state index contributed by atoms with van der Waals surface area (Å²) in [4.78, 5) is 12.1. The second kappa shape index (κ2) is 5.19. The van der Waals surface area contributed by atoms with Gasteiger partial charge in [-0.05, 0) is 43.4 Å². The van der Waals surface area contributed by atoms with E-state index in [1.165, 1.54) is 12.8 Å². The molecular formula is C13H17BrN2O. The van der Waals surface area contributed by atoms with Crippen molar-refractivity contribution in [3.8, 4) is 0 Å². The van der Waals surface area contributed by atoms with E-state index in [2.05, 4.69) is 21.2 Å². The number of halogens is 1. The average molecular weight is 297 g/mol. The second-order valence-corrected chi connectivity index (χ2v) is 5.53. The van der Waals surface area contributed by atoms with Gasteiger partial charge in [-0.25, -0.2) is 0 Å². The lowest BCUT2D eigenvalue weighted by Gasteiger charge is -2.17. The van der Waals surface area contributed by atoms with E-state index < -0.39 is 0 Å². The molecule has 3 nitrogen and oxygen atoms in total. The van der Waals surface area contributed by atoms with Gasteiger partial charge in [0, 0.05) is 22.6 Å². The maximum Gasteiger partial charge on any atom is 0.251 e. The number of benzene rings is 1. The molecule has 1 aliphatic carbocycles. The lowest BCUT2D eigenvalue weighted by Crippen LogP contribution is -2.41. The Balaban J connectivity index is 2.10. The van der Waals surface area contributed by atoms with Crippen molar-refractivity contribution in [2.24, 2.45) is 11.7 Å². The molecular weight excluding hydrogens is 280 g/mol. The van der Waals surface area contributed by atoms with E-state index in [-0.39, 0.29) is 11.9 Å². The minimum absolute atomic E-state index is 0.0221. The van der Waals surface area contributed by atoms with Crippen LogP contribution in [0, 0.1) is 12.8 Å². The van der Waals surface area contributed by atoms with Crippen LogP contribution in [0.5, 0.6) is 0 Å². The zero-order chi connectivity index (χ0) is 12.4. The first-order valence-corrected chi connectivity index (χ1v) is 6.68. The zero-order valence-corrected chi connectivity index (χ0v) is 11.5. The molecule has 0 radical (unpaired) electrons. The van der Waals surface area contributed by atoms with Crippen molar-refractivity contribution < 1.29 is 4.79 Å². The molecule has 1 atom stereocenters. The molecule has 1 fully saturated rings. The fraction of sp³-hybridized carbons (Fsp3) is 0.462. The quantitative estimate of drug-likeness (QED) is 0.895. The van der Waals surface area contributed by atoms with Crippen LogP contribution < -0.4 is 11.1 Å². The first kappa shape index (κ1) is 12.6. The summed E-state index contributed by atoms with van der Waals surface area (Å²) < 4.78 is 0.920. The molecule has 4 heteroatoms. The van der Waals surface area contributed by atoms with E-state index in [1.807, 2.05) is 25.1 Å². The molecule has 1 aromatic carbocycles. The van der Waals surface area contributed by atoms with Crippen LogP contribution in [0.3, 0.4) is 0 Å². The summed E-state index contributed by atoms with van der Waals surface area (Å²) in [6, 6.07) is 5.85. The standard InChI is InChI=1S/C13H17BrN2O/c1-8-2-5-10(14)6-11(8)13(17)16-12(7-15)9-3-4-9/h2,5-6,9,12H,3-4,7,15H2,1H3,(H,16,17). The number of nitrogens with two attached hydrogens (primary N) is 1. The third-order valence-electron chi connectivity index (χ3n) is 3.21. The molecule has 1 amide bonds. The number of aryl methyl sites for hydroxylation is 1. The Kier molecular flexibility index (Phi) is 3.84. The normalized spacial score (nSPS) is 16.6. The molecule has 0 aromatic heterocycles. The highest BCUT2D eigenvalue weighted by Crippen LogP contribution is 2.32. The molecule has 0 saturated heterocycles. The van der Waals surface area contributed by atoms with Gasteiger partial charge in [-0.2, -0.15) is 0 Å². The predicted octanol–water partition coefficient (Wildman–Crippen LogP) is 2.22. The Morgan fingerprint density at radius 3 is 2.88 bits per heavy atom. The van der Waals surface area contributed by atoms with E-state index in [0.29, 0.717) is 12.5 Å². The molecule has 0 heterocycles. The van der Waals surface area contributed by atoms with Crippen molar-refractivity contribution in [1.82, 2.24) is 5.32 Å². The predicted molar refractivity (Wildman–Crippen MR) is 71.9 cm³/mol. The number of rotatable bonds is 4. The highest BCUT2D eigenvalue weighted by Gasteiger charge is 2.31. The van der Waals surface area contributed by atoms with Gasteiger partial charge in [0.05, 0.1) is 0 Å². The van der Waals surface area contributed by atoms with Crippen LogP contribution in [0.15, 0.2) is 22.7 Å². The van der Waals surface area contributed by atoms with Gasteiger partial charge in [0.2, 0.25) is 0 Å². The molecule has 1 saturated carbocycles. The van der Waals surface area contributed by atoms with Crippen LogP contribution in [-0.2, 0) is 0 Å². The Hall–Kier alpha value is -0.870.